The van der Waals surface area contributed by atoms with Gasteiger partial charge in [-0.05, 0) is 0 Å². The summed E-state index contributed by atoms with van der Waals surface area (Å²) in [4.78, 5) is 10.8. The molecule has 0 bridgehead atoms. The minimum Gasteiger partial charge on any atom is -0.463 e. The Balaban J connectivity index is 2.64. The maximum atomic E-state index is 10.8. The van der Waals surface area contributed by atoms with Crippen LogP contribution in [-0.4, -0.2) is 165 Å². The van der Waals surface area contributed by atoms with Crippen LogP contribution in [0.2, 0.25) is 0 Å². The summed E-state index contributed by atoms with van der Waals surface area (Å²) in [7, 11) is 0. The maximum Gasteiger partial charge on any atom is 0.302 e. The van der Waals surface area contributed by atoms with Crippen molar-refractivity contribution >= 4 is 5.97 Å². The third-order valence-corrected chi connectivity index (χ3v) is 5.06. The van der Waals surface area contributed by atoms with Crippen LogP contribution < -0.4 is 0 Å². The lowest BCUT2D eigenvalue weighted by atomic mass is 10.1. The number of hydrogen-bond donors (Lipinski definition) is 3. The van der Waals surface area contributed by atoms with Gasteiger partial charge in [0.05, 0.1) is 112 Å². The van der Waals surface area contributed by atoms with Gasteiger partial charge in [-0.1, -0.05) is 0 Å². The molecule has 226 valence electrons. The number of carbonyl (C=O) groups excluding carboxylic acids is 1. The number of ether oxygens (including phenoxy) is 10. The van der Waals surface area contributed by atoms with Crippen LogP contribution >= 0.6 is 0 Å². The number of esters is 1. The molecule has 0 spiro atoms. The number of hydrogen-bond acceptors (Lipinski definition) is 14. The van der Waals surface area contributed by atoms with Gasteiger partial charge in [0.25, 0.3) is 0 Å². The van der Waals surface area contributed by atoms with Gasteiger partial charge in [-0.3, -0.25) is 4.79 Å². The molecule has 0 aromatic rings. The molecule has 1 saturated heterocycles. The Morgan fingerprint density at radius 3 is 1.87 bits per heavy atom. The van der Waals surface area contributed by atoms with Gasteiger partial charge >= 0.3 is 5.97 Å². The van der Waals surface area contributed by atoms with Crippen molar-refractivity contribution in [2.75, 3.05) is 119 Å². The molecule has 1 aliphatic heterocycles. The zero-order chi connectivity index (χ0) is 27.7. The molecular formula is C24H46O14. The molecule has 38 heavy (non-hydrogen) atoms. The summed E-state index contributed by atoms with van der Waals surface area (Å²) in [6.45, 7) is 4.97. The number of carbonyl (C=O) groups is 1. The van der Waals surface area contributed by atoms with E-state index in [0.29, 0.717) is 19.8 Å². The monoisotopic (exact) mass is 558 g/mol. The van der Waals surface area contributed by atoms with Gasteiger partial charge in [0.15, 0.2) is 0 Å². The maximum absolute atomic E-state index is 10.8. The second-order valence-electron chi connectivity index (χ2n) is 7.99. The smallest absolute Gasteiger partial charge is 0.302 e. The topological polar surface area (TPSA) is 170 Å². The second-order valence-corrected chi connectivity index (χ2v) is 7.99. The molecule has 1 unspecified atom stereocenters. The first-order valence-electron chi connectivity index (χ1n) is 12.9. The SMILES string of the molecule is CC(=O)OCCOCCOCC(OCCOCCO)[C@H]1OC[C@@H](OCCOCCO)[C@@H]1OCCOCCO. The standard InChI is InChI=1S/C24H46O14/c1-20(28)34-14-10-32-8-9-33-18-21(35-15-11-29-5-2-25)24-23(37-17-13-31-7-4-27)22(19-38-24)36-16-12-30-6-3-26/h21-27H,2-19H2,1H3/t21?,22-,23+,24-/m1/s1. The van der Waals surface area contributed by atoms with Crippen LogP contribution in [0, 0.1) is 0 Å². The number of rotatable bonds is 27. The molecule has 1 heterocycles. The van der Waals surface area contributed by atoms with Gasteiger partial charge < -0.3 is 62.7 Å². The second kappa shape index (κ2) is 25.0. The van der Waals surface area contributed by atoms with Crippen molar-refractivity contribution in [3.63, 3.8) is 0 Å². The van der Waals surface area contributed by atoms with E-state index in [1.54, 1.807) is 0 Å². The first kappa shape index (κ1) is 35.0. The molecule has 3 N–H and O–H groups in total. The van der Waals surface area contributed by atoms with Crippen molar-refractivity contribution < 1.29 is 67.5 Å². The molecule has 4 atom stereocenters. The fraction of sp³-hybridized carbons (Fsp3) is 0.958. The van der Waals surface area contributed by atoms with E-state index in [2.05, 4.69) is 0 Å². The zero-order valence-corrected chi connectivity index (χ0v) is 22.4. The van der Waals surface area contributed by atoms with Crippen molar-refractivity contribution in [1.82, 2.24) is 0 Å². The normalized spacial score (nSPS) is 20.2. The van der Waals surface area contributed by atoms with E-state index in [4.69, 9.17) is 62.7 Å². The van der Waals surface area contributed by atoms with Crippen LogP contribution in [0.1, 0.15) is 6.92 Å². The molecule has 0 amide bonds. The highest BCUT2D eigenvalue weighted by Gasteiger charge is 2.44. The van der Waals surface area contributed by atoms with Gasteiger partial charge in [0.2, 0.25) is 0 Å². The average Bonchev–Trinajstić information content (AvgIpc) is 3.30. The molecule has 0 aromatic heterocycles. The lowest BCUT2D eigenvalue weighted by Crippen LogP contribution is -2.46. The summed E-state index contributed by atoms with van der Waals surface area (Å²) in [5.41, 5.74) is 0. The Hall–Kier alpha value is -1.01. The highest BCUT2D eigenvalue weighted by atomic mass is 16.6. The summed E-state index contributed by atoms with van der Waals surface area (Å²) in [5, 5.41) is 26.6. The predicted octanol–water partition coefficient (Wildman–Crippen LogP) is -1.84. The highest BCUT2D eigenvalue weighted by Crippen LogP contribution is 2.25. The zero-order valence-electron chi connectivity index (χ0n) is 22.4. The van der Waals surface area contributed by atoms with E-state index in [-0.39, 0.29) is 105 Å². The summed E-state index contributed by atoms with van der Waals surface area (Å²) in [6.07, 6.45) is -1.91. The predicted molar refractivity (Wildman–Crippen MR) is 131 cm³/mol. The van der Waals surface area contributed by atoms with E-state index in [0.717, 1.165) is 0 Å². The summed E-state index contributed by atoms with van der Waals surface area (Å²) < 4.78 is 55.9. The number of aliphatic hydroxyl groups excluding tert-OH is 3. The molecule has 0 radical (unpaired) electrons. The van der Waals surface area contributed by atoms with E-state index in [1.165, 1.54) is 6.92 Å². The minimum atomic E-state index is -0.517. The van der Waals surface area contributed by atoms with Crippen molar-refractivity contribution in [1.29, 1.82) is 0 Å². The van der Waals surface area contributed by atoms with Crippen molar-refractivity contribution in [2.45, 2.75) is 31.3 Å². The molecule has 14 heteroatoms. The van der Waals surface area contributed by atoms with Gasteiger partial charge in [-0.25, -0.2) is 0 Å². The first-order chi connectivity index (χ1) is 18.6. The molecule has 1 rings (SSSR count). The van der Waals surface area contributed by atoms with Gasteiger partial charge in [0.1, 0.15) is 31.0 Å². The average molecular weight is 559 g/mol. The highest BCUT2D eigenvalue weighted by molar-refractivity contribution is 5.65. The quantitative estimate of drug-likeness (QED) is 0.0759. The van der Waals surface area contributed by atoms with E-state index < -0.39 is 24.4 Å². The van der Waals surface area contributed by atoms with Gasteiger partial charge in [0, 0.05) is 6.92 Å². The summed E-state index contributed by atoms with van der Waals surface area (Å²) in [5.74, 6) is -0.360. The minimum absolute atomic E-state index is 0.0630. The molecule has 1 aliphatic rings. The van der Waals surface area contributed by atoms with Gasteiger partial charge in [-0.15, -0.1) is 0 Å². The van der Waals surface area contributed by atoms with Crippen molar-refractivity contribution in [2.24, 2.45) is 0 Å². The summed E-state index contributed by atoms with van der Waals surface area (Å²) in [6, 6.07) is 0. The molecule has 0 saturated carbocycles. The molecule has 0 aromatic carbocycles. The van der Waals surface area contributed by atoms with Crippen LogP contribution in [0.25, 0.3) is 0 Å². The Kier molecular flexibility index (Phi) is 23.0. The molecule has 14 nitrogen and oxygen atoms in total. The molecular weight excluding hydrogens is 512 g/mol. The Labute approximate surface area is 224 Å². The van der Waals surface area contributed by atoms with Crippen LogP contribution in [0.5, 0.6) is 0 Å². The van der Waals surface area contributed by atoms with Crippen molar-refractivity contribution in [3.05, 3.63) is 0 Å². The molecule has 1 fully saturated rings. The fourth-order valence-electron chi connectivity index (χ4n) is 3.43. The van der Waals surface area contributed by atoms with Crippen LogP contribution in [0.4, 0.5) is 0 Å². The van der Waals surface area contributed by atoms with Crippen LogP contribution in [-0.2, 0) is 52.2 Å². The summed E-state index contributed by atoms with van der Waals surface area (Å²) >= 11 is 0. The molecule has 0 aliphatic carbocycles. The lowest BCUT2D eigenvalue weighted by molar-refractivity contribution is -0.144. The third kappa shape index (κ3) is 17.6. The van der Waals surface area contributed by atoms with E-state index in [1.807, 2.05) is 0 Å². The van der Waals surface area contributed by atoms with Crippen LogP contribution in [0.3, 0.4) is 0 Å². The van der Waals surface area contributed by atoms with E-state index in [9.17, 15) is 4.79 Å². The van der Waals surface area contributed by atoms with Crippen LogP contribution in [0.15, 0.2) is 0 Å². The lowest BCUT2D eigenvalue weighted by Gasteiger charge is -2.29. The largest absolute Gasteiger partial charge is 0.463 e. The van der Waals surface area contributed by atoms with Gasteiger partial charge in [-0.2, -0.15) is 0 Å². The fourth-order valence-corrected chi connectivity index (χ4v) is 3.43. The Morgan fingerprint density at radius 2 is 1.24 bits per heavy atom. The number of aliphatic hydroxyl groups is 3. The van der Waals surface area contributed by atoms with Crippen molar-refractivity contribution in [3.8, 4) is 0 Å². The third-order valence-electron chi connectivity index (χ3n) is 5.06. The Morgan fingerprint density at radius 1 is 0.711 bits per heavy atom. The Bertz CT molecular complexity index is 540. The first-order valence-corrected chi connectivity index (χ1v) is 12.9. The van der Waals surface area contributed by atoms with E-state index >= 15 is 0 Å².